The summed E-state index contributed by atoms with van der Waals surface area (Å²) >= 11 is 5.34. The molecule has 0 aromatic carbocycles. The fourth-order valence-corrected chi connectivity index (χ4v) is 1.07. The maximum atomic E-state index is 12.0. The topological polar surface area (TPSA) is 23.5 Å². The van der Waals surface area contributed by atoms with E-state index in [0.717, 1.165) is 4.90 Å². The zero-order valence-electron chi connectivity index (χ0n) is 7.81. The first kappa shape index (κ1) is 13.7. The van der Waals surface area contributed by atoms with Gasteiger partial charge in [-0.15, -0.1) is 0 Å². The second-order valence-corrected chi connectivity index (χ2v) is 3.22. The second-order valence-electron chi connectivity index (χ2n) is 3.00. The molecule has 84 valence electrons. The van der Waals surface area contributed by atoms with Crippen LogP contribution in [0.5, 0.6) is 0 Å². The molecule has 0 atom stereocenters. The van der Waals surface area contributed by atoms with Gasteiger partial charge in [-0.3, -0.25) is 4.90 Å². The number of halogens is 4. The van der Waals surface area contributed by atoms with E-state index in [0.29, 0.717) is 5.57 Å². The summed E-state index contributed by atoms with van der Waals surface area (Å²) in [4.78, 5) is 1.09. The minimum atomic E-state index is -4.25. The van der Waals surface area contributed by atoms with Crippen LogP contribution < -0.4 is 0 Å². The highest BCUT2D eigenvalue weighted by atomic mass is 35.5. The molecule has 0 amide bonds. The lowest BCUT2D eigenvalue weighted by Gasteiger charge is -2.22. The molecular formula is C8H13ClF3NO. The molecule has 0 spiro atoms. The van der Waals surface area contributed by atoms with Crippen LogP contribution >= 0.6 is 11.6 Å². The Morgan fingerprint density at radius 3 is 2.43 bits per heavy atom. The van der Waals surface area contributed by atoms with Crippen molar-refractivity contribution in [2.45, 2.75) is 13.1 Å². The molecule has 0 aromatic rings. The van der Waals surface area contributed by atoms with Gasteiger partial charge in [0, 0.05) is 18.6 Å². The van der Waals surface area contributed by atoms with Crippen LogP contribution in [-0.2, 0) is 0 Å². The van der Waals surface area contributed by atoms with E-state index in [2.05, 4.69) is 0 Å². The van der Waals surface area contributed by atoms with Crippen LogP contribution in [0.25, 0.3) is 0 Å². The number of aliphatic hydroxyl groups excluding tert-OH is 1. The van der Waals surface area contributed by atoms with Gasteiger partial charge >= 0.3 is 6.18 Å². The van der Waals surface area contributed by atoms with E-state index >= 15 is 0 Å². The second kappa shape index (κ2) is 6.27. The average Bonchev–Trinajstić information content (AvgIpc) is 2.01. The molecule has 0 rings (SSSR count). The first-order valence-electron chi connectivity index (χ1n) is 4.05. The minimum absolute atomic E-state index is 0.0123. The van der Waals surface area contributed by atoms with Crippen LogP contribution in [0.2, 0.25) is 0 Å². The summed E-state index contributed by atoms with van der Waals surface area (Å²) < 4.78 is 36.0. The number of aliphatic hydroxyl groups is 1. The van der Waals surface area contributed by atoms with E-state index in [1.54, 1.807) is 6.92 Å². The fourth-order valence-electron chi connectivity index (χ4n) is 0.996. The molecule has 0 aliphatic carbocycles. The van der Waals surface area contributed by atoms with Crippen molar-refractivity contribution >= 4 is 11.6 Å². The van der Waals surface area contributed by atoms with Gasteiger partial charge in [0.15, 0.2) is 0 Å². The lowest BCUT2D eigenvalue weighted by Crippen LogP contribution is -2.37. The summed E-state index contributed by atoms with van der Waals surface area (Å²) in [6.45, 7) is 0.403. The van der Waals surface area contributed by atoms with Crippen LogP contribution in [0.15, 0.2) is 11.1 Å². The highest BCUT2D eigenvalue weighted by molar-refractivity contribution is 6.25. The molecule has 1 N–H and O–H groups in total. The quantitative estimate of drug-likeness (QED) is 0.782. The molecule has 0 radical (unpaired) electrons. The van der Waals surface area contributed by atoms with Crippen molar-refractivity contribution in [1.29, 1.82) is 0 Å². The maximum absolute atomic E-state index is 12.0. The summed E-state index contributed by atoms with van der Waals surface area (Å²) in [6.07, 6.45) is -4.25. The summed E-state index contributed by atoms with van der Waals surface area (Å²) in [5, 5.41) is 8.56. The van der Waals surface area contributed by atoms with Gasteiger partial charge in [-0.25, -0.2) is 0 Å². The molecule has 0 saturated heterocycles. The van der Waals surface area contributed by atoms with Crippen LogP contribution in [0.1, 0.15) is 6.92 Å². The molecule has 2 nitrogen and oxygen atoms in total. The van der Waals surface area contributed by atoms with Gasteiger partial charge in [-0.1, -0.05) is 11.6 Å². The van der Waals surface area contributed by atoms with E-state index in [9.17, 15) is 13.2 Å². The van der Waals surface area contributed by atoms with Crippen molar-refractivity contribution in [3.05, 3.63) is 11.1 Å². The Morgan fingerprint density at radius 1 is 1.50 bits per heavy atom. The summed E-state index contributed by atoms with van der Waals surface area (Å²) in [5.41, 5.74) is 1.87. The van der Waals surface area contributed by atoms with E-state index in [4.69, 9.17) is 16.7 Å². The molecule has 0 aliphatic heterocycles. The summed E-state index contributed by atoms with van der Waals surface area (Å²) in [7, 11) is 0. The Hall–Kier alpha value is -0.260. The highest BCUT2D eigenvalue weighted by Gasteiger charge is 2.30. The van der Waals surface area contributed by atoms with Crippen molar-refractivity contribution in [1.82, 2.24) is 4.90 Å². The van der Waals surface area contributed by atoms with Crippen molar-refractivity contribution in [3.8, 4) is 0 Å². The first-order chi connectivity index (χ1) is 6.39. The third-order valence-corrected chi connectivity index (χ3v) is 1.85. The molecule has 0 unspecified atom stereocenters. The smallest absolute Gasteiger partial charge is 0.395 e. The lowest BCUT2D eigenvalue weighted by molar-refractivity contribution is -0.145. The molecule has 0 saturated carbocycles. The van der Waals surface area contributed by atoms with Gasteiger partial charge in [0.05, 0.1) is 13.2 Å². The first-order valence-corrected chi connectivity index (χ1v) is 4.48. The van der Waals surface area contributed by atoms with E-state index in [1.165, 1.54) is 5.54 Å². The van der Waals surface area contributed by atoms with Crippen molar-refractivity contribution in [2.24, 2.45) is 0 Å². The van der Waals surface area contributed by atoms with Crippen LogP contribution in [0.3, 0.4) is 0 Å². The number of alkyl halides is 3. The SMILES string of the molecule is CC(=CCl)CN(CCO)CC(F)(F)F. The highest BCUT2D eigenvalue weighted by Crippen LogP contribution is 2.17. The van der Waals surface area contributed by atoms with Gasteiger partial charge < -0.3 is 5.11 Å². The molecule has 0 bridgehead atoms. The Balaban J connectivity index is 4.15. The van der Waals surface area contributed by atoms with Gasteiger partial charge in [0.2, 0.25) is 0 Å². The molecule has 0 heterocycles. The van der Waals surface area contributed by atoms with Gasteiger partial charge in [-0.05, 0) is 12.5 Å². The molecule has 0 fully saturated rings. The van der Waals surface area contributed by atoms with Crippen molar-refractivity contribution < 1.29 is 18.3 Å². The largest absolute Gasteiger partial charge is 0.401 e. The van der Waals surface area contributed by atoms with Gasteiger partial charge in [0.25, 0.3) is 0 Å². The maximum Gasteiger partial charge on any atom is 0.401 e. The van der Waals surface area contributed by atoms with Crippen molar-refractivity contribution in [3.63, 3.8) is 0 Å². The van der Waals surface area contributed by atoms with Gasteiger partial charge in [-0.2, -0.15) is 13.2 Å². The number of hydrogen-bond donors (Lipinski definition) is 1. The number of nitrogens with zero attached hydrogens (tertiary/aromatic N) is 1. The Kier molecular flexibility index (Phi) is 6.15. The van der Waals surface area contributed by atoms with Crippen LogP contribution in [0.4, 0.5) is 13.2 Å². The Labute approximate surface area is 86.0 Å². The molecule has 0 aromatic heterocycles. The lowest BCUT2D eigenvalue weighted by atomic mass is 10.3. The molecule has 6 heteroatoms. The van der Waals surface area contributed by atoms with Crippen LogP contribution in [0, 0.1) is 0 Å². The zero-order chi connectivity index (χ0) is 11.2. The van der Waals surface area contributed by atoms with E-state index < -0.39 is 12.7 Å². The molecular weight excluding hydrogens is 219 g/mol. The number of hydrogen-bond acceptors (Lipinski definition) is 2. The third-order valence-electron chi connectivity index (χ3n) is 1.48. The summed E-state index contributed by atoms with van der Waals surface area (Å²) in [5.74, 6) is 0. The third kappa shape index (κ3) is 7.17. The zero-order valence-corrected chi connectivity index (χ0v) is 8.57. The minimum Gasteiger partial charge on any atom is -0.395 e. The standard InChI is InChI=1S/C8H13ClF3NO/c1-7(4-9)5-13(2-3-14)6-8(10,11)12/h4,14H,2-3,5-6H2,1H3. The monoisotopic (exact) mass is 231 g/mol. The molecule has 14 heavy (non-hydrogen) atoms. The predicted octanol–water partition coefficient (Wildman–Crippen LogP) is 1.99. The predicted molar refractivity (Wildman–Crippen MR) is 49.2 cm³/mol. The fraction of sp³-hybridized carbons (Fsp3) is 0.750. The normalized spacial score (nSPS) is 13.8. The average molecular weight is 232 g/mol. The van der Waals surface area contributed by atoms with Crippen molar-refractivity contribution in [2.75, 3.05) is 26.2 Å². The Bertz CT molecular complexity index is 194. The van der Waals surface area contributed by atoms with E-state index in [1.807, 2.05) is 0 Å². The summed E-state index contributed by atoms with van der Waals surface area (Å²) in [6, 6.07) is 0. The number of rotatable bonds is 5. The Morgan fingerprint density at radius 2 is 2.07 bits per heavy atom. The molecule has 0 aliphatic rings. The van der Waals surface area contributed by atoms with E-state index in [-0.39, 0.29) is 19.7 Å². The van der Waals surface area contributed by atoms with Crippen LogP contribution in [-0.4, -0.2) is 42.4 Å². The van der Waals surface area contributed by atoms with Gasteiger partial charge in [0.1, 0.15) is 0 Å².